The number of hydrogen-bond donors (Lipinski definition) is 1. The van der Waals surface area contributed by atoms with E-state index in [1.807, 2.05) is 4.90 Å². The summed E-state index contributed by atoms with van der Waals surface area (Å²) in [6.07, 6.45) is -4.41. The van der Waals surface area contributed by atoms with E-state index in [1.165, 1.54) is 12.1 Å². The van der Waals surface area contributed by atoms with Crippen molar-refractivity contribution in [3.63, 3.8) is 0 Å². The predicted molar refractivity (Wildman–Crippen MR) is 63.7 cm³/mol. The lowest BCUT2D eigenvalue weighted by Gasteiger charge is -2.34. The van der Waals surface area contributed by atoms with E-state index < -0.39 is 17.8 Å². The minimum absolute atomic E-state index is 0.124. The van der Waals surface area contributed by atoms with Crippen LogP contribution in [-0.2, 0) is 10.9 Å². The van der Waals surface area contributed by atoms with E-state index in [9.17, 15) is 18.3 Å². The fourth-order valence-corrected chi connectivity index (χ4v) is 2.35. The molecule has 3 nitrogen and oxygen atoms in total. The minimum atomic E-state index is -4.41. The quantitative estimate of drug-likeness (QED) is 0.916. The second-order valence-corrected chi connectivity index (χ2v) is 4.43. The van der Waals surface area contributed by atoms with E-state index in [0.29, 0.717) is 26.3 Å². The van der Waals surface area contributed by atoms with Gasteiger partial charge in [-0.25, -0.2) is 0 Å². The van der Waals surface area contributed by atoms with Gasteiger partial charge in [0, 0.05) is 13.1 Å². The number of nitrogens with zero attached hydrogens (tertiary/aromatic N) is 1. The Kier molecular flexibility index (Phi) is 4.44. The number of aliphatic hydroxyl groups excluding tert-OH is 1. The Hall–Kier alpha value is -1.11. The van der Waals surface area contributed by atoms with Gasteiger partial charge in [-0.15, -0.1) is 0 Å². The van der Waals surface area contributed by atoms with Crippen LogP contribution in [0.1, 0.15) is 17.2 Å². The Morgan fingerprint density at radius 2 is 1.84 bits per heavy atom. The number of aliphatic hydroxyl groups is 1. The molecule has 19 heavy (non-hydrogen) atoms. The zero-order valence-electron chi connectivity index (χ0n) is 10.4. The van der Waals surface area contributed by atoms with Gasteiger partial charge in [-0.1, -0.05) is 18.2 Å². The van der Waals surface area contributed by atoms with E-state index in [4.69, 9.17) is 4.74 Å². The van der Waals surface area contributed by atoms with Crippen molar-refractivity contribution in [1.82, 2.24) is 4.90 Å². The SMILES string of the molecule is OCC(c1ccccc1C(F)(F)F)N1CCOCC1. The largest absolute Gasteiger partial charge is 0.416 e. The molecule has 106 valence electrons. The van der Waals surface area contributed by atoms with Crippen molar-refractivity contribution in [1.29, 1.82) is 0 Å². The highest BCUT2D eigenvalue weighted by molar-refractivity contribution is 5.32. The van der Waals surface area contributed by atoms with E-state index >= 15 is 0 Å². The van der Waals surface area contributed by atoms with Gasteiger partial charge < -0.3 is 9.84 Å². The van der Waals surface area contributed by atoms with Crippen molar-refractivity contribution in [2.45, 2.75) is 12.2 Å². The highest BCUT2D eigenvalue weighted by Crippen LogP contribution is 2.36. The van der Waals surface area contributed by atoms with Gasteiger partial charge >= 0.3 is 6.18 Å². The molecular weight excluding hydrogens is 259 g/mol. The fraction of sp³-hybridized carbons (Fsp3) is 0.538. The molecule has 0 radical (unpaired) electrons. The molecule has 0 aliphatic carbocycles. The standard InChI is InChI=1S/C13H16F3NO2/c14-13(15,16)11-4-2-1-3-10(11)12(9-18)17-5-7-19-8-6-17/h1-4,12,18H,5-9H2. The topological polar surface area (TPSA) is 32.7 Å². The number of benzene rings is 1. The molecule has 1 aromatic carbocycles. The molecule has 1 N–H and O–H groups in total. The number of morpholine rings is 1. The second-order valence-electron chi connectivity index (χ2n) is 4.43. The number of halogens is 3. The van der Waals surface area contributed by atoms with Crippen molar-refractivity contribution in [3.8, 4) is 0 Å². The lowest BCUT2D eigenvalue weighted by atomic mass is 9.98. The van der Waals surface area contributed by atoms with E-state index in [1.54, 1.807) is 6.07 Å². The van der Waals surface area contributed by atoms with E-state index in [-0.39, 0.29) is 12.2 Å². The summed E-state index contributed by atoms with van der Waals surface area (Å²) in [7, 11) is 0. The highest BCUT2D eigenvalue weighted by atomic mass is 19.4. The average molecular weight is 275 g/mol. The van der Waals surface area contributed by atoms with Crippen LogP contribution in [-0.4, -0.2) is 42.9 Å². The van der Waals surface area contributed by atoms with Crippen molar-refractivity contribution in [3.05, 3.63) is 35.4 Å². The molecule has 1 aliphatic rings. The maximum atomic E-state index is 13.0. The van der Waals surface area contributed by atoms with Gasteiger partial charge in [-0.3, -0.25) is 4.90 Å². The maximum absolute atomic E-state index is 13.0. The summed E-state index contributed by atoms with van der Waals surface area (Å²) in [5, 5.41) is 9.47. The lowest BCUT2D eigenvalue weighted by molar-refractivity contribution is -0.139. The summed E-state index contributed by atoms with van der Waals surface area (Å²) in [5.41, 5.74) is -0.556. The van der Waals surface area contributed by atoms with Crippen LogP contribution in [0.5, 0.6) is 0 Å². The molecule has 0 saturated carbocycles. The Morgan fingerprint density at radius 3 is 2.42 bits per heavy atom. The molecule has 1 saturated heterocycles. The van der Waals surface area contributed by atoms with Crippen LogP contribution in [0.2, 0.25) is 0 Å². The van der Waals surface area contributed by atoms with E-state index in [0.717, 1.165) is 6.07 Å². The van der Waals surface area contributed by atoms with Gasteiger partial charge in [0.2, 0.25) is 0 Å². The summed E-state index contributed by atoms with van der Waals surface area (Å²) >= 11 is 0. The molecule has 0 spiro atoms. The summed E-state index contributed by atoms with van der Waals surface area (Å²) < 4.78 is 44.1. The van der Waals surface area contributed by atoms with Crippen LogP contribution in [0, 0.1) is 0 Å². The summed E-state index contributed by atoms with van der Waals surface area (Å²) in [5.74, 6) is 0. The second kappa shape index (κ2) is 5.90. The number of rotatable bonds is 3. The van der Waals surface area contributed by atoms with Crippen molar-refractivity contribution >= 4 is 0 Å². The van der Waals surface area contributed by atoms with Crippen molar-refractivity contribution < 1.29 is 23.0 Å². The average Bonchev–Trinajstić information content (AvgIpc) is 2.40. The van der Waals surface area contributed by atoms with E-state index in [2.05, 4.69) is 0 Å². The first-order valence-electron chi connectivity index (χ1n) is 6.13. The first-order valence-corrected chi connectivity index (χ1v) is 6.13. The molecule has 0 bridgehead atoms. The smallest absolute Gasteiger partial charge is 0.394 e. The zero-order chi connectivity index (χ0) is 13.9. The number of alkyl halides is 3. The molecule has 6 heteroatoms. The van der Waals surface area contributed by atoms with Gasteiger partial charge in [-0.2, -0.15) is 13.2 Å². The van der Waals surface area contributed by atoms with Gasteiger partial charge in [0.1, 0.15) is 0 Å². The first kappa shape index (κ1) is 14.3. The van der Waals surface area contributed by atoms with Gasteiger partial charge in [0.05, 0.1) is 31.4 Å². The monoisotopic (exact) mass is 275 g/mol. The molecular formula is C13H16F3NO2. The van der Waals surface area contributed by atoms with Gasteiger partial charge in [-0.05, 0) is 11.6 Å². The molecule has 1 heterocycles. The molecule has 0 amide bonds. The molecule has 1 unspecified atom stereocenters. The number of hydrogen-bond acceptors (Lipinski definition) is 3. The third-order valence-electron chi connectivity index (χ3n) is 3.28. The Balaban J connectivity index is 2.32. The zero-order valence-corrected chi connectivity index (χ0v) is 10.4. The maximum Gasteiger partial charge on any atom is 0.416 e. The molecule has 1 aromatic rings. The molecule has 2 rings (SSSR count). The Morgan fingerprint density at radius 1 is 1.21 bits per heavy atom. The van der Waals surface area contributed by atoms with Crippen molar-refractivity contribution in [2.75, 3.05) is 32.9 Å². The predicted octanol–water partition coefficient (Wildman–Crippen LogP) is 2.07. The summed E-state index contributed by atoms with van der Waals surface area (Å²) in [4.78, 5) is 1.83. The summed E-state index contributed by atoms with van der Waals surface area (Å²) in [6.45, 7) is 1.66. The summed E-state index contributed by atoms with van der Waals surface area (Å²) in [6, 6.07) is 4.77. The highest BCUT2D eigenvalue weighted by Gasteiger charge is 2.36. The molecule has 1 fully saturated rings. The van der Waals surface area contributed by atoms with Gasteiger partial charge in [0.15, 0.2) is 0 Å². The van der Waals surface area contributed by atoms with Crippen LogP contribution in [0.4, 0.5) is 13.2 Å². The molecule has 1 aliphatic heterocycles. The minimum Gasteiger partial charge on any atom is -0.394 e. The molecule has 1 atom stereocenters. The van der Waals surface area contributed by atoms with Crippen LogP contribution in [0.25, 0.3) is 0 Å². The first-order chi connectivity index (χ1) is 9.04. The molecule has 0 aromatic heterocycles. The third-order valence-corrected chi connectivity index (χ3v) is 3.28. The normalized spacial score (nSPS) is 19.4. The van der Waals surface area contributed by atoms with Crippen LogP contribution in [0.15, 0.2) is 24.3 Å². The Bertz CT molecular complexity index is 417. The van der Waals surface area contributed by atoms with Crippen LogP contribution < -0.4 is 0 Å². The van der Waals surface area contributed by atoms with Crippen LogP contribution >= 0.6 is 0 Å². The fourth-order valence-electron chi connectivity index (χ4n) is 2.35. The van der Waals surface area contributed by atoms with Crippen molar-refractivity contribution in [2.24, 2.45) is 0 Å². The third kappa shape index (κ3) is 3.26. The number of ether oxygens (including phenoxy) is 1. The lowest BCUT2D eigenvalue weighted by Crippen LogP contribution is -2.41. The van der Waals surface area contributed by atoms with Gasteiger partial charge in [0.25, 0.3) is 0 Å². The van der Waals surface area contributed by atoms with Crippen LogP contribution in [0.3, 0.4) is 0 Å². The Labute approximate surface area is 109 Å².